The summed E-state index contributed by atoms with van der Waals surface area (Å²) in [6.07, 6.45) is 8.83. The Morgan fingerprint density at radius 2 is 1.60 bits per heavy atom. The molecule has 0 aromatic rings. The summed E-state index contributed by atoms with van der Waals surface area (Å²) in [5.41, 5.74) is -0.934. The van der Waals surface area contributed by atoms with Crippen LogP contribution in [0, 0.1) is 50.2 Å². The molecule has 0 aliphatic heterocycles. The second-order valence-electron chi connectivity index (χ2n) is 14.8. The van der Waals surface area contributed by atoms with Crippen molar-refractivity contribution in [1.29, 1.82) is 0 Å². The predicted octanol–water partition coefficient (Wildman–Crippen LogP) is 5.38. The molecule has 0 spiro atoms. The average Bonchev–Trinajstić information content (AvgIpc) is 2.76. The highest BCUT2D eigenvalue weighted by molar-refractivity contribution is 5.77. The zero-order valence-electron chi connectivity index (χ0n) is 22.6. The number of aldehydes is 1. The molecule has 5 heteroatoms. The zero-order chi connectivity index (χ0) is 25.8. The lowest BCUT2D eigenvalue weighted by Gasteiger charge is -2.71. The number of aliphatic carboxylic acids is 1. The van der Waals surface area contributed by atoms with E-state index >= 15 is 0 Å². The number of hydrogen-bond donors (Lipinski definition) is 3. The third-order valence-electron chi connectivity index (χ3n) is 13.0. The Hall–Kier alpha value is -1.20. The monoisotopic (exact) mass is 486 g/mol. The van der Waals surface area contributed by atoms with Crippen LogP contribution in [0.15, 0.2) is 11.6 Å². The van der Waals surface area contributed by atoms with Crippen LogP contribution in [0.5, 0.6) is 0 Å². The maximum atomic E-state index is 12.8. The van der Waals surface area contributed by atoms with Gasteiger partial charge in [-0.25, -0.2) is 0 Å². The van der Waals surface area contributed by atoms with Crippen LogP contribution < -0.4 is 0 Å². The van der Waals surface area contributed by atoms with Crippen LogP contribution in [-0.2, 0) is 9.59 Å². The SMILES string of the molecule is CC1(C)CC[C@@]2(C(=O)O)[C@@H](O)C[C@@]3(C)C(=CC[C@@H]4[C@]3(C)CCC3[C@@](C)(C=O)[C@H](O)CC[C@]34C)[C@@H]2C1. The molecule has 0 saturated heterocycles. The van der Waals surface area contributed by atoms with Gasteiger partial charge in [-0.2, -0.15) is 0 Å². The molecule has 3 N–H and O–H groups in total. The maximum Gasteiger partial charge on any atom is 0.312 e. The summed E-state index contributed by atoms with van der Waals surface area (Å²) in [5.74, 6) is -0.517. The number of carboxylic acid groups (broad SMARTS) is 1. The Balaban J connectivity index is 1.63. The van der Waals surface area contributed by atoms with Gasteiger partial charge >= 0.3 is 5.97 Å². The molecule has 5 aliphatic rings. The highest BCUT2D eigenvalue weighted by atomic mass is 16.4. The van der Waals surface area contributed by atoms with Gasteiger partial charge in [0.05, 0.1) is 17.6 Å². The summed E-state index contributed by atoms with van der Waals surface area (Å²) in [6, 6.07) is 0. The molecular formula is C30H46O5. The number of allylic oxidation sites excluding steroid dienone is 2. The second-order valence-corrected chi connectivity index (χ2v) is 14.8. The lowest BCUT2D eigenvalue weighted by atomic mass is 9.33. The minimum absolute atomic E-state index is 0.0507. The topological polar surface area (TPSA) is 94.8 Å². The Morgan fingerprint density at radius 3 is 2.23 bits per heavy atom. The van der Waals surface area contributed by atoms with Gasteiger partial charge in [-0.15, -0.1) is 0 Å². The number of carbonyl (C=O) groups excluding carboxylic acids is 1. The average molecular weight is 487 g/mol. The quantitative estimate of drug-likeness (QED) is 0.360. The fourth-order valence-corrected chi connectivity index (χ4v) is 10.6. The molecule has 0 heterocycles. The minimum Gasteiger partial charge on any atom is -0.481 e. The van der Waals surface area contributed by atoms with Crippen LogP contribution in [0.3, 0.4) is 0 Å². The lowest BCUT2D eigenvalue weighted by molar-refractivity contribution is -0.217. The zero-order valence-corrected chi connectivity index (χ0v) is 22.6. The van der Waals surface area contributed by atoms with E-state index in [2.05, 4.69) is 40.7 Å². The van der Waals surface area contributed by atoms with Crippen LogP contribution in [0.2, 0.25) is 0 Å². The molecule has 5 nitrogen and oxygen atoms in total. The summed E-state index contributed by atoms with van der Waals surface area (Å²) in [6.45, 7) is 13.5. The van der Waals surface area contributed by atoms with Crippen molar-refractivity contribution in [2.45, 2.75) is 112 Å². The standard InChI is InChI=1S/C30H46O5/c1-25(2)13-14-30(24(34)35)19(15-25)18-7-8-21-26(3)11-10-22(32)27(4,17-31)20(26)9-12-28(21,5)29(18,6)16-23(30)33/h7,17,19-23,32-33H,8-16H2,1-6H3,(H,34,35)/t19-,20?,21-,22+,23-,26+,27+,28-,29-,30-/m0/s1. The molecular weight excluding hydrogens is 440 g/mol. The van der Waals surface area contributed by atoms with Crippen molar-refractivity contribution in [2.24, 2.45) is 50.2 Å². The van der Waals surface area contributed by atoms with Crippen molar-refractivity contribution in [3.63, 3.8) is 0 Å². The van der Waals surface area contributed by atoms with E-state index in [9.17, 15) is 24.9 Å². The fraction of sp³-hybridized carbons (Fsp3) is 0.867. The molecule has 0 bridgehead atoms. The Labute approximate surface area is 210 Å². The second kappa shape index (κ2) is 7.43. The van der Waals surface area contributed by atoms with Crippen molar-refractivity contribution < 1.29 is 24.9 Å². The summed E-state index contributed by atoms with van der Waals surface area (Å²) in [4.78, 5) is 25.1. The molecule has 5 rings (SSSR count). The van der Waals surface area contributed by atoms with Gasteiger partial charge in [-0.3, -0.25) is 4.79 Å². The van der Waals surface area contributed by atoms with Gasteiger partial charge in [-0.1, -0.05) is 53.2 Å². The van der Waals surface area contributed by atoms with Gasteiger partial charge in [0.1, 0.15) is 11.7 Å². The van der Waals surface area contributed by atoms with Gasteiger partial charge in [0, 0.05) is 0 Å². The van der Waals surface area contributed by atoms with Gasteiger partial charge in [-0.05, 0) is 97.2 Å². The number of aliphatic hydroxyl groups is 2. The van der Waals surface area contributed by atoms with E-state index in [4.69, 9.17) is 0 Å². The smallest absolute Gasteiger partial charge is 0.312 e. The molecule has 4 fully saturated rings. The third-order valence-corrected chi connectivity index (χ3v) is 13.0. The van der Waals surface area contributed by atoms with Gasteiger partial charge in [0.25, 0.3) is 0 Å². The first kappa shape index (κ1) is 25.4. The van der Waals surface area contributed by atoms with Gasteiger partial charge in [0.2, 0.25) is 0 Å². The molecule has 196 valence electrons. The normalized spacial score (nSPS) is 54.9. The highest BCUT2D eigenvalue weighted by Crippen LogP contribution is 2.75. The number of aliphatic hydroxyl groups excluding tert-OH is 2. The third kappa shape index (κ3) is 2.94. The van der Waals surface area contributed by atoms with Crippen molar-refractivity contribution in [1.82, 2.24) is 0 Å². The van der Waals surface area contributed by atoms with Crippen molar-refractivity contribution >= 4 is 12.3 Å². The van der Waals surface area contributed by atoms with Crippen molar-refractivity contribution in [2.75, 3.05) is 0 Å². The predicted molar refractivity (Wildman–Crippen MR) is 134 cm³/mol. The molecule has 1 unspecified atom stereocenters. The van der Waals surface area contributed by atoms with Crippen LogP contribution in [0.4, 0.5) is 0 Å². The van der Waals surface area contributed by atoms with E-state index in [-0.39, 0.29) is 33.5 Å². The van der Waals surface area contributed by atoms with Crippen LogP contribution in [-0.4, -0.2) is 39.8 Å². The van der Waals surface area contributed by atoms with Crippen LogP contribution in [0.1, 0.15) is 99.3 Å². The summed E-state index contributed by atoms with van der Waals surface area (Å²) >= 11 is 0. The number of fused-ring (bicyclic) bond motifs is 7. The summed E-state index contributed by atoms with van der Waals surface area (Å²) in [5, 5.41) is 33.0. The van der Waals surface area contributed by atoms with E-state index < -0.39 is 29.0 Å². The lowest BCUT2D eigenvalue weighted by Crippen LogP contribution is -2.67. The van der Waals surface area contributed by atoms with Crippen molar-refractivity contribution in [3.8, 4) is 0 Å². The molecule has 0 radical (unpaired) electrons. The summed E-state index contributed by atoms with van der Waals surface area (Å²) < 4.78 is 0. The van der Waals surface area contributed by atoms with E-state index in [0.29, 0.717) is 25.2 Å². The maximum absolute atomic E-state index is 12.8. The minimum atomic E-state index is -1.09. The van der Waals surface area contributed by atoms with Crippen molar-refractivity contribution in [3.05, 3.63) is 11.6 Å². The Kier molecular flexibility index (Phi) is 5.40. The van der Waals surface area contributed by atoms with E-state index in [0.717, 1.165) is 44.8 Å². The molecule has 0 aromatic carbocycles. The Morgan fingerprint density at radius 1 is 0.914 bits per heavy atom. The fourth-order valence-electron chi connectivity index (χ4n) is 10.6. The highest BCUT2D eigenvalue weighted by Gasteiger charge is 2.71. The number of carboxylic acids is 1. The van der Waals surface area contributed by atoms with E-state index in [1.807, 2.05) is 6.92 Å². The molecule has 5 aliphatic carbocycles. The van der Waals surface area contributed by atoms with Gasteiger partial charge in [0.15, 0.2) is 0 Å². The molecule has 10 atom stereocenters. The first-order chi connectivity index (χ1) is 16.1. The van der Waals surface area contributed by atoms with E-state index in [1.165, 1.54) is 5.57 Å². The number of hydrogen-bond acceptors (Lipinski definition) is 4. The number of carbonyl (C=O) groups is 2. The van der Waals surface area contributed by atoms with E-state index in [1.54, 1.807) is 0 Å². The molecule has 35 heavy (non-hydrogen) atoms. The van der Waals surface area contributed by atoms with Crippen LogP contribution in [0.25, 0.3) is 0 Å². The number of rotatable bonds is 2. The first-order valence-electron chi connectivity index (χ1n) is 13.9. The van der Waals surface area contributed by atoms with Gasteiger partial charge < -0.3 is 20.1 Å². The molecule has 0 aromatic heterocycles. The molecule has 0 amide bonds. The molecule has 4 saturated carbocycles. The first-order valence-corrected chi connectivity index (χ1v) is 13.9. The Bertz CT molecular complexity index is 970. The van der Waals surface area contributed by atoms with Crippen LogP contribution >= 0.6 is 0 Å². The largest absolute Gasteiger partial charge is 0.481 e. The summed E-state index contributed by atoms with van der Waals surface area (Å²) in [7, 11) is 0.